The molecular weight excluding hydrogens is 410 g/mol. The molecule has 3 aliphatic rings. The number of ether oxygens (including phenoxy) is 1. The minimum atomic E-state index is -0.306. The molecule has 4 heterocycles. The maximum Gasteiger partial charge on any atom is 0.336 e. The molecule has 0 aromatic carbocycles. The molecule has 0 atom stereocenters. The quantitative estimate of drug-likeness (QED) is 0.652. The number of cyclic esters (lactones) is 1. The summed E-state index contributed by atoms with van der Waals surface area (Å²) in [6.07, 6.45) is 11.5. The summed E-state index contributed by atoms with van der Waals surface area (Å²) >= 11 is 0. The van der Waals surface area contributed by atoms with Gasteiger partial charge in [0.1, 0.15) is 12.9 Å². The molecule has 0 unspecified atom stereocenters. The van der Waals surface area contributed by atoms with E-state index in [0.717, 1.165) is 56.3 Å². The summed E-state index contributed by atoms with van der Waals surface area (Å²) in [6.45, 7) is 4.97. The summed E-state index contributed by atoms with van der Waals surface area (Å²) in [7, 11) is 0. The van der Waals surface area contributed by atoms with E-state index in [1.165, 1.54) is 11.0 Å². The Morgan fingerprint density at radius 3 is 2.53 bits per heavy atom. The van der Waals surface area contributed by atoms with Crippen LogP contribution in [0.1, 0.15) is 58.1 Å². The summed E-state index contributed by atoms with van der Waals surface area (Å²) in [6, 6.07) is 0. The minimum Gasteiger partial charge on any atom is -0.456 e. The van der Waals surface area contributed by atoms with Crippen molar-refractivity contribution in [2.75, 3.05) is 13.2 Å². The van der Waals surface area contributed by atoms with E-state index in [9.17, 15) is 9.59 Å². The summed E-state index contributed by atoms with van der Waals surface area (Å²) in [5.41, 5.74) is 2.17. The number of rotatable bonds is 5. The number of aromatic nitrogens is 6. The number of nitrogens with zero attached hydrogens (tertiary/aromatic N) is 7. The summed E-state index contributed by atoms with van der Waals surface area (Å²) in [4.78, 5) is 35.8. The number of tetrazole rings is 1. The molecule has 1 aliphatic carbocycles. The summed E-state index contributed by atoms with van der Waals surface area (Å²) < 4.78 is 6.60. The monoisotopic (exact) mass is 437 g/mol. The number of likely N-dealkylation sites (tertiary alicyclic amines) is 1. The molecule has 2 fully saturated rings. The molecule has 1 saturated carbocycles. The Hall–Kier alpha value is -3.17. The molecule has 32 heavy (non-hydrogen) atoms. The second-order valence-electron chi connectivity index (χ2n) is 9.57. The highest BCUT2D eigenvalue weighted by Crippen LogP contribution is 2.52. The van der Waals surface area contributed by atoms with E-state index in [0.29, 0.717) is 17.9 Å². The predicted molar refractivity (Wildman–Crippen MR) is 112 cm³/mol. The lowest BCUT2D eigenvalue weighted by Gasteiger charge is -2.42. The Balaban J connectivity index is 1.19. The SMILES string of the molecule is CC1=C(N2CCC3(CCC(C)(CCc4cnc(-n5cnnn5)cn4)CC3)C2=O)COC1=O. The molecule has 1 amide bonds. The highest BCUT2D eigenvalue weighted by Gasteiger charge is 2.51. The predicted octanol–water partition coefficient (Wildman–Crippen LogP) is 2.01. The number of hydrogen-bond acceptors (Lipinski definition) is 8. The van der Waals surface area contributed by atoms with Gasteiger partial charge in [0.05, 0.1) is 34.8 Å². The molecule has 0 bridgehead atoms. The van der Waals surface area contributed by atoms with Crippen molar-refractivity contribution < 1.29 is 14.3 Å². The number of carbonyl (C=O) groups excluding carboxylic acids is 2. The van der Waals surface area contributed by atoms with Gasteiger partial charge in [-0.2, -0.15) is 4.68 Å². The molecule has 0 N–H and O–H groups in total. The van der Waals surface area contributed by atoms with E-state index in [1.54, 1.807) is 19.3 Å². The first kappa shape index (κ1) is 20.7. The number of carbonyl (C=O) groups is 2. The van der Waals surface area contributed by atoms with Crippen molar-refractivity contribution in [1.29, 1.82) is 0 Å². The first-order valence-corrected chi connectivity index (χ1v) is 11.1. The van der Waals surface area contributed by atoms with Gasteiger partial charge in [0.15, 0.2) is 5.82 Å². The molecule has 5 rings (SSSR count). The van der Waals surface area contributed by atoms with Gasteiger partial charge >= 0.3 is 5.97 Å². The maximum atomic E-state index is 13.3. The van der Waals surface area contributed by atoms with Crippen molar-refractivity contribution in [3.8, 4) is 5.82 Å². The van der Waals surface area contributed by atoms with Gasteiger partial charge in [-0.25, -0.2) is 9.78 Å². The highest BCUT2D eigenvalue weighted by molar-refractivity contribution is 5.94. The van der Waals surface area contributed by atoms with Crippen molar-refractivity contribution in [3.05, 3.63) is 35.7 Å². The van der Waals surface area contributed by atoms with Crippen LogP contribution in [0, 0.1) is 10.8 Å². The van der Waals surface area contributed by atoms with Crippen LogP contribution < -0.4 is 0 Å². The molecule has 2 aromatic heterocycles. The topological polar surface area (TPSA) is 116 Å². The second kappa shape index (κ2) is 7.75. The number of aryl methyl sites for hydroxylation is 1. The average Bonchev–Trinajstić information content (AvgIpc) is 3.52. The fourth-order valence-corrected chi connectivity index (χ4v) is 5.16. The average molecular weight is 438 g/mol. The van der Waals surface area contributed by atoms with Crippen LogP contribution in [-0.2, 0) is 20.7 Å². The van der Waals surface area contributed by atoms with Crippen LogP contribution in [0.25, 0.3) is 5.82 Å². The van der Waals surface area contributed by atoms with E-state index < -0.39 is 0 Å². The third-order valence-corrected chi connectivity index (χ3v) is 7.59. The molecule has 10 heteroatoms. The normalized spacial score (nSPS) is 28.1. The zero-order valence-electron chi connectivity index (χ0n) is 18.5. The standard InChI is InChI=1S/C22H27N7O3/c1-15-17(13-32-19(15)30)28-10-9-22(20(28)31)7-5-21(2,6-8-22)4-3-16-11-24-18(12-23-16)29-14-25-26-27-29/h11-12,14H,3-10,13H2,1-2H3. The zero-order valence-corrected chi connectivity index (χ0v) is 18.5. The van der Waals surface area contributed by atoms with Crippen LogP contribution in [0.2, 0.25) is 0 Å². The molecule has 1 saturated heterocycles. The van der Waals surface area contributed by atoms with Gasteiger partial charge in [-0.05, 0) is 67.7 Å². The summed E-state index contributed by atoms with van der Waals surface area (Å²) in [5.74, 6) is 0.462. The van der Waals surface area contributed by atoms with Crippen LogP contribution in [-0.4, -0.2) is 60.1 Å². The first-order chi connectivity index (χ1) is 15.4. The van der Waals surface area contributed by atoms with Crippen LogP contribution >= 0.6 is 0 Å². The maximum absolute atomic E-state index is 13.3. The van der Waals surface area contributed by atoms with E-state index in [1.807, 2.05) is 4.90 Å². The van der Waals surface area contributed by atoms with Crippen molar-refractivity contribution >= 4 is 11.9 Å². The van der Waals surface area contributed by atoms with Crippen LogP contribution in [0.3, 0.4) is 0 Å². The molecule has 1 spiro atoms. The lowest BCUT2D eigenvalue weighted by molar-refractivity contribution is -0.139. The molecule has 168 valence electrons. The Bertz CT molecular complexity index is 1050. The first-order valence-electron chi connectivity index (χ1n) is 11.1. The fraction of sp³-hybridized carbons (Fsp3) is 0.591. The Morgan fingerprint density at radius 1 is 1.09 bits per heavy atom. The number of esters is 1. The lowest BCUT2D eigenvalue weighted by atomic mass is 9.62. The van der Waals surface area contributed by atoms with Gasteiger partial charge in [-0.1, -0.05) is 6.92 Å². The van der Waals surface area contributed by atoms with Crippen molar-refractivity contribution in [3.63, 3.8) is 0 Å². The molecule has 0 radical (unpaired) electrons. The molecule has 10 nitrogen and oxygen atoms in total. The summed E-state index contributed by atoms with van der Waals surface area (Å²) in [5, 5.41) is 11.0. The van der Waals surface area contributed by atoms with Gasteiger partial charge in [0.2, 0.25) is 5.91 Å². The van der Waals surface area contributed by atoms with E-state index in [4.69, 9.17) is 4.74 Å². The Labute approximate surface area is 186 Å². The molecular formula is C22H27N7O3. The largest absolute Gasteiger partial charge is 0.456 e. The fourth-order valence-electron chi connectivity index (χ4n) is 5.16. The van der Waals surface area contributed by atoms with Crippen molar-refractivity contribution in [2.45, 2.75) is 58.8 Å². The minimum absolute atomic E-state index is 0.177. The zero-order chi connectivity index (χ0) is 22.3. The molecule has 2 aliphatic heterocycles. The highest BCUT2D eigenvalue weighted by atomic mass is 16.5. The van der Waals surface area contributed by atoms with E-state index in [-0.39, 0.29) is 29.3 Å². The lowest BCUT2D eigenvalue weighted by Crippen LogP contribution is -2.40. The van der Waals surface area contributed by atoms with Gasteiger partial charge in [-0.3, -0.25) is 9.78 Å². The van der Waals surface area contributed by atoms with Crippen LogP contribution in [0.15, 0.2) is 30.0 Å². The van der Waals surface area contributed by atoms with E-state index >= 15 is 0 Å². The Morgan fingerprint density at radius 2 is 1.91 bits per heavy atom. The molecule has 2 aromatic rings. The van der Waals surface area contributed by atoms with Crippen molar-refractivity contribution in [2.24, 2.45) is 10.8 Å². The Kier molecular flexibility index (Phi) is 5.02. The third kappa shape index (κ3) is 3.57. The second-order valence-corrected chi connectivity index (χ2v) is 9.57. The smallest absolute Gasteiger partial charge is 0.336 e. The van der Waals surface area contributed by atoms with Crippen LogP contribution in [0.5, 0.6) is 0 Å². The third-order valence-electron chi connectivity index (χ3n) is 7.59. The van der Waals surface area contributed by atoms with Gasteiger partial charge in [0, 0.05) is 6.54 Å². The number of hydrogen-bond donors (Lipinski definition) is 0. The number of amides is 1. The van der Waals surface area contributed by atoms with Gasteiger partial charge < -0.3 is 9.64 Å². The van der Waals surface area contributed by atoms with Gasteiger partial charge in [-0.15, -0.1) is 5.10 Å². The van der Waals surface area contributed by atoms with Crippen molar-refractivity contribution in [1.82, 2.24) is 35.1 Å². The van der Waals surface area contributed by atoms with Crippen LogP contribution in [0.4, 0.5) is 0 Å². The van der Waals surface area contributed by atoms with Gasteiger partial charge in [0.25, 0.3) is 0 Å². The van der Waals surface area contributed by atoms with E-state index in [2.05, 4.69) is 32.4 Å².